The van der Waals surface area contributed by atoms with Crippen LogP contribution in [-0.4, -0.2) is 5.91 Å². The predicted octanol–water partition coefficient (Wildman–Crippen LogP) is 4.04. The molecule has 0 bridgehead atoms. The van der Waals surface area contributed by atoms with Crippen LogP contribution in [0.3, 0.4) is 0 Å². The average Bonchev–Trinajstić information content (AvgIpc) is 2.79. The van der Waals surface area contributed by atoms with Crippen molar-refractivity contribution in [3.63, 3.8) is 0 Å². The second-order valence-electron chi connectivity index (χ2n) is 4.61. The van der Waals surface area contributed by atoms with E-state index in [1.165, 1.54) is 11.3 Å². The van der Waals surface area contributed by atoms with E-state index in [9.17, 15) is 4.79 Å². The van der Waals surface area contributed by atoms with Crippen molar-refractivity contribution in [3.05, 3.63) is 59.0 Å². The Hall–Kier alpha value is -2.33. The lowest BCUT2D eigenvalue weighted by molar-refractivity contribution is 0.103. The Labute approximate surface area is 121 Å². The first-order valence-electron chi connectivity index (χ1n) is 6.31. The number of nitrogens with two attached hydrogens (primary N) is 1. The van der Waals surface area contributed by atoms with Gasteiger partial charge in [-0.1, -0.05) is 36.4 Å². The van der Waals surface area contributed by atoms with Crippen LogP contribution < -0.4 is 11.1 Å². The summed E-state index contributed by atoms with van der Waals surface area (Å²) >= 11 is 1.42. The molecule has 1 aromatic heterocycles. The maximum atomic E-state index is 12.4. The number of amides is 1. The summed E-state index contributed by atoms with van der Waals surface area (Å²) in [6.45, 7) is 1.96. The lowest BCUT2D eigenvalue weighted by atomic mass is 10.2. The van der Waals surface area contributed by atoms with Gasteiger partial charge in [0.05, 0.1) is 5.69 Å². The fourth-order valence-corrected chi connectivity index (χ4v) is 3.14. The highest BCUT2D eigenvalue weighted by Crippen LogP contribution is 2.33. The quantitative estimate of drug-likeness (QED) is 0.745. The van der Waals surface area contributed by atoms with Crippen molar-refractivity contribution in [1.29, 1.82) is 0 Å². The van der Waals surface area contributed by atoms with Crippen LogP contribution in [0.15, 0.2) is 48.5 Å². The summed E-state index contributed by atoms with van der Waals surface area (Å²) in [5.41, 5.74) is 8.48. The number of benzene rings is 2. The van der Waals surface area contributed by atoms with Gasteiger partial charge in [-0.05, 0) is 24.6 Å². The molecule has 0 radical (unpaired) electrons. The van der Waals surface area contributed by atoms with Crippen LogP contribution in [0.25, 0.3) is 10.1 Å². The summed E-state index contributed by atoms with van der Waals surface area (Å²) in [6, 6.07) is 15.5. The Morgan fingerprint density at radius 1 is 1.10 bits per heavy atom. The molecule has 0 unspecified atom stereocenters. The van der Waals surface area contributed by atoms with Crippen LogP contribution in [0.4, 0.5) is 11.4 Å². The number of carbonyl (C=O) groups is 1. The number of hydrogen-bond acceptors (Lipinski definition) is 3. The molecule has 1 heterocycles. The van der Waals surface area contributed by atoms with E-state index in [0.29, 0.717) is 10.6 Å². The molecular formula is C16H14N2OS. The molecule has 20 heavy (non-hydrogen) atoms. The lowest BCUT2D eigenvalue weighted by Gasteiger charge is -2.07. The van der Waals surface area contributed by atoms with E-state index in [-0.39, 0.29) is 5.91 Å². The molecule has 0 spiro atoms. The Balaban J connectivity index is 1.97. The largest absolute Gasteiger partial charge is 0.397 e. The SMILES string of the molecule is Cc1ccccc1NC(=O)c1sc2ccccc2c1N. The van der Waals surface area contributed by atoms with Gasteiger partial charge in [0, 0.05) is 15.8 Å². The van der Waals surface area contributed by atoms with Crippen molar-refractivity contribution in [3.8, 4) is 0 Å². The number of carbonyl (C=O) groups excluding carboxylic acids is 1. The zero-order valence-electron chi connectivity index (χ0n) is 11.0. The van der Waals surface area contributed by atoms with Gasteiger partial charge >= 0.3 is 0 Å². The van der Waals surface area contributed by atoms with Crippen molar-refractivity contribution in [2.45, 2.75) is 6.92 Å². The van der Waals surface area contributed by atoms with Crippen LogP contribution >= 0.6 is 11.3 Å². The molecule has 0 saturated carbocycles. The molecule has 2 aromatic carbocycles. The van der Waals surface area contributed by atoms with Gasteiger partial charge in [0.15, 0.2) is 0 Å². The fourth-order valence-electron chi connectivity index (χ4n) is 2.13. The third-order valence-electron chi connectivity index (χ3n) is 3.23. The molecule has 0 saturated heterocycles. The normalized spacial score (nSPS) is 10.7. The van der Waals surface area contributed by atoms with E-state index in [1.54, 1.807) is 0 Å². The third kappa shape index (κ3) is 2.14. The molecule has 0 atom stereocenters. The smallest absolute Gasteiger partial charge is 0.267 e. The number of aryl methyl sites for hydroxylation is 1. The molecule has 4 heteroatoms. The van der Waals surface area contributed by atoms with E-state index in [1.807, 2.05) is 55.5 Å². The fraction of sp³-hybridized carbons (Fsp3) is 0.0625. The Morgan fingerprint density at radius 3 is 2.55 bits per heavy atom. The number of nitrogen functional groups attached to an aromatic ring is 1. The maximum absolute atomic E-state index is 12.4. The zero-order chi connectivity index (χ0) is 14.1. The van der Waals surface area contributed by atoms with E-state index >= 15 is 0 Å². The molecular weight excluding hydrogens is 268 g/mol. The third-order valence-corrected chi connectivity index (χ3v) is 4.42. The summed E-state index contributed by atoms with van der Waals surface area (Å²) in [4.78, 5) is 12.9. The Kier molecular flexibility index (Phi) is 3.16. The van der Waals surface area contributed by atoms with Gasteiger partial charge in [-0.2, -0.15) is 0 Å². The highest BCUT2D eigenvalue weighted by atomic mass is 32.1. The van der Waals surface area contributed by atoms with E-state index < -0.39 is 0 Å². The van der Waals surface area contributed by atoms with Crippen molar-refractivity contribution in [2.75, 3.05) is 11.1 Å². The van der Waals surface area contributed by atoms with Crippen molar-refractivity contribution < 1.29 is 4.79 Å². The van der Waals surface area contributed by atoms with E-state index in [2.05, 4.69) is 5.32 Å². The lowest BCUT2D eigenvalue weighted by Crippen LogP contribution is -2.12. The zero-order valence-corrected chi connectivity index (χ0v) is 11.8. The minimum Gasteiger partial charge on any atom is -0.397 e. The second-order valence-corrected chi connectivity index (χ2v) is 5.66. The van der Waals surface area contributed by atoms with Crippen molar-refractivity contribution in [1.82, 2.24) is 0 Å². The molecule has 1 amide bonds. The number of anilines is 2. The number of nitrogens with one attached hydrogen (secondary N) is 1. The van der Waals surface area contributed by atoms with Crippen molar-refractivity contribution in [2.24, 2.45) is 0 Å². The minimum atomic E-state index is -0.155. The second kappa shape index (κ2) is 4.98. The molecule has 0 fully saturated rings. The monoisotopic (exact) mass is 282 g/mol. The van der Waals surface area contributed by atoms with Gasteiger partial charge in [-0.3, -0.25) is 4.79 Å². The molecule has 3 nitrogen and oxygen atoms in total. The summed E-state index contributed by atoms with van der Waals surface area (Å²) in [5.74, 6) is -0.155. The highest BCUT2D eigenvalue weighted by molar-refractivity contribution is 7.21. The van der Waals surface area contributed by atoms with Gasteiger partial charge in [0.25, 0.3) is 5.91 Å². The predicted molar refractivity (Wildman–Crippen MR) is 85.4 cm³/mol. The minimum absolute atomic E-state index is 0.155. The van der Waals surface area contributed by atoms with Crippen molar-refractivity contribution >= 4 is 38.7 Å². The van der Waals surface area contributed by atoms with Gasteiger partial charge < -0.3 is 11.1 Å². The Bertz CT molecular complexity index is 792. The summed E-state index contributed by atoms with van der Waals surface area (Å²) < 4.78 is 1.03. The number of thiophene rings is 1. The number of hydrogen-bond donors (Lipinski definition) is 2. The summed E-state index contributed by atoms with van der Waals surface area (Å²) in [5, 5.41) is 3.86. The van der Waals surface area contributed by atoms with Gasteiger partial charge in [-0.15, -0.1) is 11.3 Å². The molecule has 0 aliphatic heterocycles. The first kappa shape index (κ1) is 12.7. The summed E-state index contributed by atoms with van der Waals surface area (Å²) in [6.07, 6.45) is 0. The van der Waals surface area contributed by atoms with E-state index in [4.69, 9.17) is 5.73 Å². The maximum Gasteiger partial charge on any atom is 0.267 e. The number of rotatable bonds is 2. The summed E-state index contributed by atoms with van der Waals surface area (Å²) in [7, 11) is 0. The van der Waals surface area contributed by atoms with Crippen LogP contribution in [0, 0.1) is 6.92 Å². The Morgan fingerprint density at radius 2 is 1.80 bits per heavy atom. The van der Waals surface area contributed by atoms with Crippen LogP contribution in [0.2, 0.25) is 0 Å². The molecule has 0 aliphatic rings. The van der Waals surface area contributed by atoms with Crippen LogP contribution in [0.5, 0.6) is 0 Å². The van der Waals surface area contributed by atoms with E-state index in [0.717, 1.165) is 21.3 Å². The van der Waals surface area contributed by atoms with Gasteiger partial charge in [0.1, 0.15) is 4.88 Å². The van der Waals surface area contributed by atoms with Gasteiger partial charge in [0.2, 0.25) is 0 Å². The topological polar surface area (TPSA) is 55.1 Å². The molecule has 100 valence electrons. The van der Waals surface area contributed by atoms with Crippen LogP contribution in [0.1, 0.15) is 15.2 Å². The molecule has 3 aromatic rings. The standard InChI is InChI=1S/C16H14N2OS/c1-10-6-2-4-8-12(10)18-16(19)15-14(17)11-7-3-5-9-13(11)20-15/h2-9H,17H2,1H3,(H,18,19). The molecule has 3 N–H and O–H groups in total. The first-order chi connectivity index (χ1) is 9.66. The molecule has 3 rings (SSSR count). The highest BCUT2D eigenvalue weighted by Gasteiger charge is 2.16. The number of para-hydroxylation sites is 1. The first-order valence-corrected chi connectivity index (χ1v) is 7.12. The number of fused-ring (bicyclic) bond motifs is 1. The molecule has 0 aliphatic carbocycles. The average molecular weight is 282 g/mol. The van der Waals surface area contributed by atoms with Gasteiger partial charge in [-0.25, -0.2) is 0 Å². The van der Waals surface area contributed by atoms with Crippen LogP contribution in [-0.2, 0) is 0 Å².